The number of nitrogens with two attached hydrogens (primary N) is 1. The number of carbonyl (C=O) groups excluding carboxylic acids is 3. The van der Waals surface area contributed by atoms with Crippen LogP contribution in [0.15, 0.2) is 30.3 Å². The second kappa shape index (κ2) is 8.89. The molecule has 2 rings (SSSR count). The molecule has 1 saturated heterocycles. The fourth-order valence-electron chi connectivity index (χ4n) is 1.80. The van der Waals surface area contributed by atoms with Gasteiger partial charge >= 0.3 is 12.1 Å². The molecule has 0 spiro atoms. The maximum absolute atomic E-state index is 11.7. The van der Waals surface area contributed by atoms with Crippen molar-refractivity contribution in [3.8, 4) is 0 Å². The van der Waals surface area contributed by atoms with E-state index >= 15 is 0 Å². The van der Waals surface area contributed by atoms with Crippen LogP contribution in [0.5, 0.6) is 0 Å². The molecule has 0 bridgehead atoms. The topological polar surface area (TPSA) is 148 Å². The molecule has 12 heteroatoms. The van der Waals surface area contributed by atoms with Crippen molar-refractivity contribution >= 4 is 79.6 Å². The quantitative estimate of drug-likeness (QED) is 0.434. The zero-order valence-electron chi connectivity index (χ0n) is 12.8. The second-order valence-electron chi connectivity index (χ2n) is 4.66. The van der Waals surface area contributed by atoms with Crippen LogP contribution in [0.4, 0.5) is 9.59 Å². The summed E-state index contributed by atoms with van der Waals surface area (Å²) in [5.74, 6) is -0.761. The summed E-state index contributed by atoms with van der Waals surface area (Å²) in [5.41, 5.74) is 0.775. The molecule has 0 aromatic heterocycles. The van der Waals surface area contributed by atoms with Gasteiger partial charge in [-0.1, -0.05) is 30.3 Å². The van der Waals surface area contributed by atoms with Crippen molar-refractivity contribution in [1.82, 2.24) is 14.9 Å². The number of alkyl carbamates (subject to hydrolysis) is 1. The monoisotopic (exact) mass is 381 g/mol. The number of benzene rings is 1. The number of hydrogen-bond acceptors (Lipinski definition) is 6. The standard InChI is InChI=1S/C12H14N4O6S.K/c13-23(20,21)15-11(18)16-6-9(10(16)17)14-12(19)22-7-8-4-2-1-3-5-8;/h1-5,9H,6-7H2,(H,14,19)(H,15,18)(H2,13,20,21);/t9-;/m0./s1. The Labute approximate surface area is 180 Å². The molecule has 1 aliphatic rings. The fourth-order valence-corrected chi connectivity index (χ4v) is 2.15. The number of nitrogens with one attached hydrogen (secondary N) is 2. The average molecular weight is 381 g/mol. The molecular formula is C12H14KN4O6S. The Kier molecular flexibility index (Phi) is 7.79. The fraction of sp³-hybridized carbons (Fsp3) is 0.250. The van der Waals surface area contributed by atoms with Crippen LogP contribution in [0, 0.1) is 0 Å². The molecule has 10 nitrogen and oxygen atoms in total. The maximum Gasteiger partial charge on any atom is 0.408 e. The van der Waals surface area contributed by atoms with Crippen molar-refractivity contribution in [3.05, 3.63) is 35.9 Å². The summed E-state index contributed by atoms with van der Waals surface area (Å²) in [7, 11) is -4.25. The van der Waals surface area contributed by atoms with Crippen molar-refractivity contribution in [3.63, 3.8) is 0 Å². The van der Waals surface area contributed by atoms with Gasteiger partial charge < -0.3 is 10.1 Å². The molecule has 1 atom stereocenters. The molecule has 4 N–H and O–H groups in total. The molecule has 1 radical (unpaired) electrons. The van der Waals surface area contributed by atoms with Gasteiger partial charge in [0.2, 0.25) is 0 Å². The van der Waals surface area contributed by atoms with E-state index in [-0.39, 0.29) is 64.5 Å². The number of ether oxygens (including phenoxy) is 1. The number of β-lactam (4-membered cyclic amide) rings is 1. The molecule has 0 aliphatic carbocycles. The third-order valence-corrected chi connectivity index (χ3v) is 3.37. The number of imide groups is 1. The first-order chi connectivity index (χ1) is 10.8. The molecule has 1 aromatic rings. The molecule has 1 heterocycles. The molecular weight excluding hydrogens is 367 g/mol. The molecule has 0 saturated carbocycles. The Morgan fingerprint density at radius 1 is 1.29 bits per heavy atom. The summed E-state index contributed by atoms with van der Waals surface area (Å²) in [6.45, 7) is -0.149. The van der Waals surface area contributed by atoms with Gasteiger partial charge in [0, 0.05) is 51.4 Å². The number of nitrogens with zero attached hydrogens (tertiary/aromatic N) is 1. The molecule has 125 valence electrons. The normalized spacial score (nSPS) is 16.5. The summed E-state index contributed by atoms with van der Waals surface area (Å²) < 4.78 is 27.7. The third kappa shape index (κ3) is 6.12. The van der Waals surface area contributed by atoms with Gasteiger partial charge in [-0.3, -0.25) is 9.69 Å². The van der Waals surface area contributed by atoms with Crippen molar-refractivity contribution in [2.24, 2.45) is 5.14 Å². The smallest absolute Gasteiger partial charge is 0.408 e. The largest absolute Gasteiger partial charge is 0.445 e. The first kappa shape index (κ1) is 21.0. The molecule has 0 unspecified atom stereocenters. The minimum Gasteiger partial charge on any atom is -0.445 e. The Morgan fingerprint density at radius 3 is 2.46 bits per heavy atom. The summed E-state index contributed by atoms with van der Waals surface area (Å²) >= 11 is 0. The van der Waals surface area contributed by atoms with Crippen LogP contribution in [0.3, 0.4) is 0 Å². The Balaban J connectivity index is 0.00000288. The van der Waals surface area contributed by atoms with E-state index in [1.165, 1.54) is 4.72 Å². The van der Waals surface area contributed by atoms with E-state index in [1.54, 1.807) is 24.3 Å². The molecule has 1 aromatic carbocycles. The van der Waals surface area contributed by atoms with Gasteiger partial charge in [0.25, 0.3) is 16.1 Å². The van der Waals surface area contributed by atoms with Gasteiger partial charge in [-0.25, -0.2) is 19.5 Å². The van der Waals surface area contributed by atoms with E-state index in [0.29, 0.717) is 4.90 Å². The van der Waals surface area contributed by atoms with Crippen molar-refractivity contribution < 1.29 is 27.5 Å². The predicted octanol–water partition coefficient (Wildman–Crippen LogP) is -1.34. The zero-order chi connectivity index (χ0) is 17.0. The molecule has 1 aliphatic heterocycles. The number of carbonyl (C=O) groups is 3. The summed E-state index contributed by atoms with van der Waals surface area (Å²) in [6, 6.07) is 6.79. The van der Waals surface area contributed by atoms with Crippen LogP contribution in [0.25, 0.3) is 0 Å². The molecule has 24 heavy (non-hydrogen) atoms. The second-order valence-corrected chi connectivity index (χ2v) is 5.95. The predicted molar refractivity (Wildman–Crippen MR) is 82.7 cm³/mol. The maximum atomic E-state index is 11.7. The van der Waals surface area contributed by atoms with Gasteiger partial charge in [-0.05, 0) is 5.56 Å². The van der Waals surface area contributed by atoms with Gasteiger partial charge in [0.05, 0.1) is 6.54 Å². The summed E-state index contributed by atoms with van der Waals surface area (Å²) in [5, 5.41) is 6.89. The zero-order valence-corrected chi connectivity index (χ0v) is 16.7. The summed E-state index contributed by atoms with van der Waals surface area (Å²) in [4.78, 5) is 35.2. The van der Waals surface area contributed by atoms with Gasteiger partial charge in [-0.2, -0.15) is 8.42 Å². The van der Waals surface area contributed by atoms with Crippen LogP contribution in [0.1, 0.15) is 5.56 Å². The Bertz CT molecular complexity index is 726. The SMILES string of the molecule is NS(=O)(=O)NC(=O)N1C[C@H](NC(=O)OCc2ccccc2)C1=O.[K]. The number of likely N-dealkylation sites (tertiary alicyclic amines) is 1. The van der Waals surface area contributed by atoms with E-state index in [1.807, 2.05) is 6.07 Å². The Hall–Kier alpha value is -1.02. The van der Waals surface area contributed by atoms with Crippen molar-refractivity contribution in [2.45, 2.75) is 12.6 Å². The van der Waals surface area contributed by atoms with E-state index in [9.17, 15) is 22.8 Å². The first-order valence-corrected chi connectivity index (χ1v) is 7.94. The minimum atomic E-state index is -4.25. The van der Waals surface area contributed by atoms with Gasteiger partial charge in [-0.15, -0.1) is 0 Å². The number of urea groups is 1. The van der Waals surface area contributed by atoms with Crippen LogP contribution in [-0.2, 0) is 26.3 Å². The number of hydrogen-bond donors (Lipinski definition) is 3. The van der Waals surface area contributed by atoms with E-state index in [2.05, 4.69) is 10.5 Å². The van der Waals surface area contributed by atoms with Crippen molar-refractivity contribution in [2.75, 3.05) is 6.54 Å². The average Bonchev–Trinajstić information content (AvgIpc) is 2.47. The van der Waals surface area contributed by atoms with Crippen LogP contribution in [-0.4, -0.2) is 95.3 Å². The number of amides is 4. The molecule has 4 amide bonds. The van der Waals surface area contributed by atoms with E-state index in [0.717, 1.165) is 5.56 Å². The van der Waals surface area contributed by atoms with Gasteiger partial charge in [0.15, 0.2) is 0 Å². The van der Waals surface area contributed by atoms with Gasteiger partial charge in [0.1, 0.15) is 12.6 Å². The van der Waals surface area contributed by atoms with E-state index in [4.69, 9.17) is 4.74 Å². The van der Waals surface area contributed by atoms with Crippen LogP contribution < -0.4 is 15.2 Å². The third-order valence-electron chi connectivity index (χ3n) is 2.91. The van der Waals surface area contributed by atoms with Crippen LogP contribution >= 0.6 is 0 Å². The summed E-state index contributed by atoms with van der Waals surface area (Å²) in [6.07, 6.45) is -0.821. The Morgan fingerprint density at radius 2 is 1.92 bits per heavy atom. The van der Waals surface area contributed by atoms with Crippen molar-refractivity contribution in [1.29, 1.82) is 0 Å². The van der Waals surface area contributed by atoms with E-state index < -0.39 is 34.3 Å². The minimum absolute atomic E-state index is 0. The number of rotatable bonds is 4. The molecule has 1 fully saturated rings. The van der Waals surface area contributed by atoms with Crippen LogP contribution in [0.2, 0.25) is 0 Å². The first-order valence-electron chi connectivity index (χ1n) is 6.39.